The number of nitrogens with zero attached hydrogens (tertiary/aromatic N) is 3. The first kappa shape index (κ1) is 15.0. The van der Waals surface area contributed by atoms with Crippen molar-refractivity contribution < 1.29 is 0 Å². The van der Waals surface area contributed by atoms with Crippen molar-refractivity contribution in [3.63, 3.8) is 0 Å². The molecule has 0 radical (unpaired) electrons. The van der Waals surface area contributed by atoms with Gasteiger partial charge in [0.05, 0.1) is 5.69 Å². The molecule has 1 aromatic heterocycles. The van der Waals surface area contributed by atoms with E-state index in [0.717, 1.165) is 36.8 Å². The van der Waals surface area contributed by atoms with Gasteiger partial charge < -0.3 is 4.90 Å². The van der Waals surface area contributed by atoms with E-state index in [2.05, 4.69) is 49.9 Å². The molecule has 0 saturated carbocycles. The Labute approximate surface area is 133 Å². The molecule has 0 atom stereocenters. The third-order valence-corrected chi connectivity index (χ3v) is 4.52. The molecule has 1 fully saturated rings. The number of anilines is 1. The Morgan fingerprint density at radius 3 is 2.27 bits per heavy atom. The Balaban J connectivity index is 2.06. The molecule has 0 aliphatic carbocycles. The average molecular weight is 295 g/mol. The Bertz CT molecular complexity index is 640. The molecule has 3 heteroatoms. The summed E-state index contributed by atoms with van der Waals surface area (Å²) < 4.78 is 0. The highest BCUT2D eigenvalue weighted by atomic mass is 15.3. The number of hydrogen-bond donors (Lipinski definition) is 0. The SMILES string of the molecule is CCc1c(C)nc(N2CCCCC2)nc1-c1ccc(C)cc1. The third kappa shape index (κ3) is 2.99. The second-order valence-electron chi connectivity index (χ2n) is 6.20. The van der Waals surface area contributed by atoms with Gasteiger partial charge in [-0.2, -0.15) is 0 Å². The monoisotopic (exact) mass is 295 g/mol. The number of aromatic nitrogens is 2. The Kier molecular flexibility index (Phi) is 4.41. The van der Waals surface area contributed by atoms with E-state index in [4.69, 9.17) is 9.97 Å². The highest BCUT2D eigenvalue weighted by Crippen LogP contribution is 2.27. The van der Waals surface area contributed by atoms with E-state index in [-0.39, 0.29) is 0 Å². The smallest absolute Gasteiger partial charge is 0.226 e. The third-order valence-electron chi connectivity index (χ3n) is 4.52. The molecule has 3 rings (SSSR count). The highest BCUT2D eigenvalue weighted by molar-refractivity contribution is 5.66. The lowest BCUT2D eigenvalue weighted by molar-refractivity contribution is 0.567. The van der Waals surface area contributed by atoms with Crippen molar-refractivity contribution in [3.8, 4) is 11.3 Å². The summed E-state index contributed by atoms with van der Waals surface area (Å²) in [5.74, 6) is 0.907. The molecule has 1 saturated heterocycles. The first-order valence-corrected chi connectivity index (χ1v) is 8.38. The Morgan fingerprint density at radius 2 is 1.64 bits per heavy atom. The maximum atomic E-state index is 4.94. The summed E-state index contributed by atoms with van der Waals surface area (Å²) in [4.78, 5) is 12.1. The van der Waals surface area contributed by atoms with Gasteiger partial charge in [-0.3, -0.25) is 0 Å². The van der Waals surface area contributed by atoms with Crippen LogP contribution in [0.5, 0.6) is 0 Å². The van der Waals surface area contributed by atoms with E-state index in [9.17, 15) is 0 Å². The number of rotatable bonds is 3. The summed E-state index contributed by atoms with van der Waals surface area (Å²) in [6.45, 7) is 8.58. The average Bonchev–Trinajstić information content (AvgIpc) is 2.55. The van der Waals surface area contributed by atoms with Gasteiger partial charge in [0.25, 0.3) is 0 Å². The molecule has 2 aromatic rings. The fraction of sp³-hybridized carbons (Fsp3) is 0.474. The minimum atomic E-state index is 0.907. The van der Waals surface area contributed by atoms with Crippen molar-refractivity contribution in [3.05, 3.63) is 41.1 Å². The lowest BCUT2D eigenvalue weighted by Gasteiger charge is -2.27. The second-order valence-corrected chi connectivity index (χ2v) is 6.20. The summed E-state index contributed by atoms with van der Waals surface area (Å²) in [6, 6.07) is 8.67. The zero-order chi connectivity index (χ0) is 15.5. The van der Waals surface area contributed by atoms with Crippen LogP contribution in [0.3, 0.4) is 0 Å². The molecule has 0 N–H and O–H groups in total. The van der Waals surface area contributed by atoms with E-state index >= 15 is 0 Å². The molecule has 1 aliphatic heterocycles. The van der Waals surface area contributed by atoms with Crippen molar-refractivity contribution in [2.24, 2.45) is 0 Å². The van der Waals surface area contributed by atoms with Crippen LogP contribution in [-0.2, 0) is 6.42 Å². The van der Waals surface area contributed by atoms with Crippen LogP contribution in [0.2, 0.25) is 0 Å². The quantitative estimate of drug-likeness (QED) is 0.844. The van der Waals surface area contributed by atoms with Crippen LogP contribution in [0.1, 0.15) is 43.0 Å². The van der Waals surface area contributed by atoms with Crippen LogP contribution in [0.15, 0.2) is 24.3 Å². The topological polar surface area (TPSA) is 29.0 Å². The van der Waals surface area contributed by atoms with Gasteiger partial charge in [-0.1, -0.05) is 36.8 Å². The molecule has 0 unspecified atom stereocenters. The molecular formula is C19H25N3. The molecule has 0 amide bonds. The van der Waals surface area contributed by atoms with Gasteiger partial charge in [0.2, 0.25) is 5.95 Å². The Hall–Kier alpha value is -1.90. The fourth-order valence-corrected chi connectivity index (χ4v) is 3.19. The van der Waals surface area contributed by atoms with Crippen LogP contribution < -0.4 is 4.90 Å². The van der Waals surface area contributed by atoms with Crippen molar-refractivity contribution in [1.29, 1.82) is 0 Å². The summed E-state index contributed by atoms with van der Waals surface area (Å²) in [5, 5.41) is 0. The van der Waals surface area contributed by atoms with Gasteiger partial charge in [0.15, 0.2) is 0 Å². The minimum Gasteiger partial charge on any atom is -0.341 e. The first-order valence-electron chi connectivity index (χ1n) is 8.38. The molecule has 116 valence electrons. The number of piperidine rings is 1. The predicted molar refractivity (Wildman–Crippen MR) is 92.4 cm³/mol. The zero-order valence-electron chi connectivity index (χ0n) is 13.9. The van der Waals surface area contributed by atoms with Crippen molar-refractivity contribution >= 4 is 5.95 Å². The molecule has 22 heavy (non-hydrogen) atoms. The van der Waals surface area contributed by atoms with Crippen LogP contribution in [0, 0.1) is 13.8 Å². The number of benzene rings is 1. The summed E-state index contributed by atoms with van der Waals surface area (Å²) >= 11 is 0. The molecule has 1 aromatic carbocycles. The van der Waals surface area contributed by atoms with Gasteiger partial charge in [-0.15, -0.1) is 0 Å². The number of hydrogen-bond acceptors (Lipinski definition) is 3. The number of aryl methyl sites for hydroxylation is 2. The predicted octanol–water partition coefficient (Wildman–Crippen LogP) is 4.31. The normalized spacial score (nSPS) is 15.1. The van der Waals surface area contributed by atoms with Crippen LogP contribution in [0.25, 0.3) is 11.3 Å². The summed E-state index contributed by atoms with van der Waals surface area (Å²) in [7, 11) is 0. The zero-order valence-corrected chi connectivity index (χ0v) is 13.9. The van der Waals surface area contributed by atoms with Gasteiger partial charge in [0.1, 0.15) is 0 Å². The molecule has 3 nitrogen and oxygen atoms in total. The Morgan fingerprint density at radius 1 is 0.955 bits per heavy atom. The molecule has 0 spiro atoms. The van der Waals surface area contributed by atoms with E-state index in [0.29, 0.717) is 0 Å². The molecular weight excluding hydrogens is 270 g/mol. The van der Waals surface area contributed by atoms with Gasteiger partial charge >= 0.3 is 0 Å². The van der Waals surface area contributed by atoms with Crippen molar-refractivity contribution in [2.75, 3.05) is 18.0 Å². The van der Waals surface area contributed by atoms with Crippen molar-refractivity contribution in [2.45, 2.75) is 46.5 Å². The van der Waals surface area contributed by atoms with E-state index < -0.39 is 0 Å². The largest absolute Gasteiger partial charge is 0.341 e. The standard InChI is InChI=1S/C19H25N3/c1-4-17-15(3)20-19(22-12-6-5-7-13-22)21-18(17)16-10-8-14(2)9-11-16/h8-11H,4-7,12-13H2,1-3H3. The van der Waals surface area contributed by atoms with Crippen LogP contribution >= 0.6 is 0 Å². The molecule has 2 heterocycles. The van der Waals surface area contributed by atoms with Crippen molar-refractivity contribution in [1.82, 2.24) is 9.97 Å². The van der Waals surface area contributed by atoms with Gasteiger partial charge in [-0.25, -0.2) is 9.97 Å². The lowest BCUT2D eigenvalue weighted by Crippen LogP contribution is -2.31. The van der Waals surface area contributed by atoms with E-state index in [1.165, 1.54) is 36.0 Å². The van der Waals surface area contributed by atoms with Gasteiger partial charge in [-0.05, 0) is 45.1 Å². The minimum absolute atomic E-state index is 0.907. The van der Waals surface area contributed by atoms with E-state index in [1.807, 2.05) is 0 Å². The maximum Gasteiger partial charge on any atom is 0.226 e. The molecule has 0 bridgehead atoms. The van der Waals surface area contributed by atoms with Crippen LogP contribution in [0.4, 0.5) is 5.95 Å². The fourth-order valence-electron chi connectivity index (χ4n) is 3.19. The first-order chi connectivity index (χ1) is 10.7. The molecule has 1 aliphatic rings. The second kappa shape index (κ2) is 6.47. The summed E-state index contributed by atoms with van der Waals surface area (Å²) in [5.41, 5.74) is 5.98. The van der Waals surface area contributed by atoms with E-state index in [1.54, 1.807) is 0 Å². The lowest BCUT2D eigenvalue weighted by atomic mass is 10.0. The summed E-state index contributed by atoms with van der Waals surface area (Å²) in [6.07, 6.45) is 4.79. The van der Waals surface area contributed by atoms with Crippen LogP contribution in [-0.4, -0.2) is 23.1 Å². The maximum absolute atomic E-state index is 4.94. The van der Waals surface area contributed by atoms with Gasteiger partial charge in [0, 0.05) is 24.3 Å². The highest BCUT2D eigenvalue weighted by Gasteiger charge is 2.18.